The molecule has 1 heterocycles. The second-order valence-electron chi connectivity index (χ2n) is 2.87. The molecule has 5 heteroatoms. The van der Waals surface area contributed by atoms with E-state index in [1.165, 1.54) is 11.8 Å². The summed E-state index contributed by atoms with van der Waals surface area (Å²) in [6.07, 6.45) is 3.71. The number of hydrogen-bond acceptors (Lipinski definition) is 4. The molecule has 16 heavy (non-hydrogen) atoms. The number of aromatic nitrogens is 1. The van der Waals surface area contributed by atoms with E-state index < -0.39 is 0 Å². The average molecular weight is 259 g/mol. The van der Waals surface area contributed by atoms with Crippen LogP contribution >= 0.6 is 24.0 Å². The number of rotatable bonds is 3. The molecule has 90 valence electrons. The van der Waals surface area contributed by atoms with Crippen LogP contribution in [0.1, 0.15) is 21.3 Å². The highest BCUT2D eigenvalue weighted by atomic mass is 32.2. The van der Waals surface area contributed by atoms with E-state index in [2.05, 4.69) is 0 Å². The predicted octanol–water partition coefficient (Wildman–Crippen LogP) is 2.94. The van der Waals surface area contributed by atoms with Crippen LogP contribution in [0.3, 0.4) is 0 Å². The van der Waals surface area contributed by atoms with Crippen LogP contribution in [-0.2, 0) is 9.53 Å². The Labute approximate surface area is 106 Å². The number of thiocarbonyl (C=S) groups is 1. The Bertz CT molecular complexity index is 336. The molecule has 0 spiro atoms. The van der Waals surface area contributed by atoms with Crippen LogP contribution in [0, 0.1) is 0 Å². The summed E-state index contributed by atoms with van der Waals surface area (Å²) in [6, 6.07) is 3.78. The molecule has 1 aromatic rings. The van der Waals surface area contributed by atoms with E-state index in [1.54, 1.807) is 18.4 Å². The first-order valence-electron chi connectivity index (χ1n) is 4.65. The van der Waals surface area contributed by atoms with Gasteiger partial charge in [0.2, 0.25) is 0 Å². The van der Waals surface area contributed by atoms with Gasteiger partial charge in [-0.3, -0.25) is 4.79 Å². The van der Waals surface area contributed by atoms with Crippen LogP contribution in [0.25, 0.3) is 0 Å². The quantitative estimate of drug-likeness (QED) is 0.617. The van der Waals surface area contributed by atoms with Crippen molar-refractivity contribution in [3.8, 4) is 0 Å². The normalized spacial score (nSPS) is 11.4. The van der Waals surface area contributed by atoms with E-state index in [0.29, 0.717) is 10.9 Å². The average Bonchev–Trinajstić information content (AvgIpc) is 2.70. The van der Waals surface area contributed by atoms with Gasteiger partial charge in [-0.1, -0.05) is 31.4 Å². The minimum Gasteiger partial charge on any atom is -0.465 e. The zero-order valence-corrected chi connectivity index (χ0v) is 10.3. The molecule has 0 fully saturated rings. The fourth-order valence-corrected chi connectivity index (χ4v) is 2.24. The summed E-state index contributed by atoms with van der Waals surface area (Å²) in [5.41, 5.74) is 0. The lowest BCUT2D eigenvalue weighted by molar-refractivity contribution is -0.142. The van der Waals surface area contributed by atoms with Crippen LogP contribution in [0.2, 0.25) is 0 Å². The van der Waals surface area contributed by atoms with Gasteiger partial charge in [-0.15, -0.1) is 0 Å². The fourth-order valence-electron chi connectivity index (χ4n) is 0.976. The van der Waals surface area contributed by atoms with Gasteiger partial charge in [0.1, 0.15) is 9.57 Å². The lowest BCUT2D eigenvalue weighted by Crippen LogP contribution is -2.19. The molecule has 0 saturated heterocycles. The van der Waals surface area contributed by atoms with Crippen LogP contribution in [0.15, 0.2) is 24.5 Å². The van der Waals surface area contributed by atoms with E-state index in [-0.39, 0.29) is 18.6 Å². The molecule has 0 aliphatic carbocycles. The van der Waals surface area contributed by atoms with E-state index in [0.717, 1.165) is 0 Å². The molecule has 1 aromatic heterocycles. The van der Waals surface area contributed by atoms with Crippen molar-refractivity contribution in [2.24, 2.45) is 0 Å². The van der Waals surface area contributed by atoms with Crippen molar-refractivity contribution in [1.29, 1.82) is 0 Å². The number of nitrogens with zero attached hydrogens (tertiary/aromatic N) is 1. The third-order valence-corrected chi connectivity index (χ3v) is 3.17. The number of carbonyl (C=O) groups is 1. The van der Waals surface area contributed by atoms with E-state index in [9.17, 15) is 4.79 Å². The van der Waals surface area contributed by atoms with Crippen molar-refractivity contribution in [3.63, 3.8) is 0 Å². The van der Waals surface area contributed by atoms with Crippen LogP contribution < -0.4 is 0 Å². The maximum absolute atomic E-state index is 11.3. The van der Waals surface area contributed by atoms with E-state index >= 15 is 0 Å². The first kappa shape index (κ1) is 15.2. The summed E-state index contributed by atoms with van der Waals surface area (Å²) in [4.78, 5) is 11.3. The van der Waals surface area contributed by atoms with Gasteiger partial charge in [0, 0.05) is 12.4 Å². The number of ether oxygens (including phenoxy) is 1. The number of thioether (sulfide) groups is 1. The van der Waals surface area contributed by atoms with Crippen molar-refractivity contribution in [2.75, 3.05) is 6.61 Å². The highest BCUT2D eigenvalue weighted by Crippen LogP contribution is 2.16. The first-order chi connectivity index (χ1) is 7.15. The molecule has 1 rings (SSSR count). The Kier molecular flexibility index (Phi) is 7.08. The maximum Gasteiger partial charge on any atom is 0.319 e. The molecule has 3 nitrogen and oxygen atoms in total. The van der Waals surface area contributed by atoms with Crippen LogP contribution in [0.4, 0.5) is 0 Å². The Morgan fingerprint density at radius 1 is 1.50 bits per heavy atom. The topological polar surface area (TPSA) is 31.2 Å². The molecule has 1 atom stereocenters. The summed E-state index contributed by atoms with van der Waals surface area (Å²) < 4.78 is 7.35. The SMILES string of the molecule is C.CCOC(=O)C(C)SC(=S)n1cccc1. The lowest BCUT2D eigenvalue weighted by Gasteiger charge is -2.11. The summed E-state index contributed by atoms with van der Waals surface area (Å²) >= 11 is 6.50. The van der Waals surface area contributed by atoms with Crippen molar-refractivity contribution in [3.05, 3.63) is 24.5 Å². The Morgan fingerprint density at radius 2 is 2.06 bits per heavy atom. The molecule has 0 N–H and O–H groups in total. The Hall–Kier alpha value is -0.810. The highest BCUT2D eigenvalue weighted by molar-refractivity contribution is 8.23. The van der Waals surface area contributed by atoms with Crippen molar-refractivity contribution in [2.45, 2.75) is 26.5 Å². The molecule has 0 aromatic carbocycles. The van der Waals surface area contributed by atoms with Gasteiger partial charge in [-0.05, 0) is 26.0 Å². The maximum atomic E-state index is 11.3. The van der Waals surface area contributed by atoms with Gasteiger partial charge in [0.15, 0.2) is 0 Å². The van der Waals surface area contributed by atoms with Crippen molar-refractivity contribution >= 4 is 34.3 Å². The van der Waals surface area contributed by atoms with E-state index in [1.807, 2.05) is 24.5 Å². The molecule has 0 aliphatic rings. The van der Waals surface area contributed by atoms with Gasteiger partial charge in [0.05, 0.1) is 6.61 Å². The third-order valence-electron chi connectivity index (χ3n) is 1.71. The highest BCUT2D eigenvalue weighted by Gasteiger charge is 2.17. The Balaban J connectivity index is 0.00000225. The van der Waals surface area contributed by atoms with Gasteiger partial charge < -0.3 is 9.30 Å². The monoisotopic (exact) mass is 259 g/mol. The van der Waals surface area contributed by atoms with Gasteiger partial charge in [-0.2, -0.15) is 0 Å². The molecular formula is C11H17NO2S2. The summed E-state index contributed by atoms with van der Waals surface area (Å²) in [6.45, 7) is 3.98. The fraction of sp³-hybridized carbons (Fsp3) is 0.455. The molecular weight excluding hydrogens is 242 g/mol. The summed E-state index contributed by atoms with van der Waals surface area (Å²) in [5.74, 6) is -0.225. The third kappa shape index (κ3) is 4.37. The largest absolute Gasteiger partial charge is 0.465 e. The van der Waals surface area contributed by atoms with E-state index in [4.69, 9.17) is 17.0 Å². The van der Waals surface area contributed by atoms with Gasteiger partial charge in [0.25, 0.3) is 0 Å². The number of hydrogen-bond donors (Lipinski definition) is 0. The minimum atomic E-state index is -0.264. The second-order valence-corrected chi connectivity index (χ2v) is 4.84. The summed E-state index contributed by atoms with van der Waals surface area (Å²) in [5, 5.41) is -0.264. The minimum absolute atomic E-state index is 0. The van der Waals surface area contributed by atoms with Crippen molar-refractivity contribution < 1.29 is 9.53 Å². The van der Waals surface area contributed by atoms with Gasteiger partial charge in [-0.25, -0.2) is 0 Å². The molecule has 0 bridgehead atoms. The Morgan fingerprint density at radius 3 is 2.56 bits per heavy atom. The standard InChI is InChI=1S/C10H13NO2S2.CH4/c1-3-13-9(12)8(2)15-10(14)11-6-4-5-7-11;/h4-8H,3H2,1-2H3;1H4. The van der Waals surface area contributed by atoms with Crippen molar-refractivity contribution in [1.82, 2.24) is 4.57 Å². The smallest absolute Gasteiger partial charge is 0.319 e. The molecule has 0 saturated carbocycles. The zero-order chi connectivity index (χ0) is 11.3. The summed E-state index contributed by atoms with van der Waals surface area (Å²) in [7, 11) is 0. The second kappa shape index (κ2) is 7.46. The molecule has 0 aliphatic heterocycles. The molecule has 1 unspecified atom stereocenters. The predicted molar refractivity (Wildman–Crippen MR) is 72.8 cm³/mol. The van der Waals surface area contributed by atoms with Crippen LogP contribution in [-0.4, -0.2) is 26.7 Å². The van der Waals surface area contributed by atoms with Gasteiger partial charge >= 0.3 is 5.97 Å². The van der Waals surface area contributed by atoms with Crippen LogP contribution in [0.5, 0.6) is 0 Å². The lowest BCUT2D eigenvalue weighted by atomic mass is 10.5. The molecule has 0 radical (unpaired) electrons. The number of esters is 1. The molecule has 0 amide bonds. The number of carbonyl (C=O) groups excluding carboxylic acids is 1. The zero-order valence-electron chi connectivity index (χ0n) is 8.67. The first-order valence-corrected chi connectivity index (χ1v) is 5.94.